The van der Waals surface area contributed by atoms with E-state index in [1.165, 1.54) is 0 Å². The summed E-state index contributed by atoms with van der Waals surface area (Å²) in [6, 6.07) is 11.4. The molecule has 3 aromatic rings. The SMILES string of the molecule is Cc1nc2cc(Oc3ccccc3CCO)c(N)cc2s1. The molecule has 0 bridgehead atoms. The quantitative estimate of drug-likeness (QED) is 0.723. The number of para-hydroxylation sites is 1. The van der Waals surface area contributed by atoms with Crippen LogP contribution in [0, 0.1) is 6.92 Å². The van der Waals surface area contributed by atoms with Crippen LogP contribution in [0.15, 0.2) is 36.4 Å². The van der Waals surface area contributed by atoms with E-state index >= 15 is 0 Å². The number of thiazole rings is 1. The van der Waals surface area contributed by atoms with Gasteiger partial charge < -0.3 is 15.6 Å². The van der Waals surface area contributed by atoms with Crippen molar-refractivity contribution in [3.8, 4) is 11.5 Å². The fourth-order valence-corrected chi connectivity index (χ4v) is 3.08. The number of nitrogens with zero attached hydrogens (tertiary/aromatic N) is 1. The zero-order valence-corrected chi connectivity index (χ0v) is 12.5. The van der Waals surface area contributed by atoms with E-state index in [1.54, 1.807) is 11.3 Å². The first kappa shape index (κ1) is 13.9. The maximum absolute atomic E-state index is 9.12. The van der Waals surface area contributed by atoms with Crippen LogP contribution in [-0.2, 0) is 6.42 Å². The van der Waals surface area contributed by atoms with Gasteiger partial charge in [-0.25, -0.2) is 4.98 Å². The van der Waals surface area contributed by atoms with Gasteiger partial charge in [0.2, 0.25) is 0 Å². The summed E-state index contributed by atoms with van der Waals surface area (Å²) in [7, 11) is 0. The smallest absolute Gasteiger partial charge is 0.152 e. The van der Waals surface area contributed by atoms with E-state index in [2.05, 4.69) is 4.98 Å². The van der Waals surface area contributed by atoms with Crippen molar-refractivity contribution >= 4 is 27.2 Å². The Morgan fingerprint density at radius 3 is 2.86 bits per heavy atom. The number of fused-ring (bicyclic) bond motifs is 1. The molecule has 0 fully saturated rings. The summed E-state index contributed by atoms with van der Waals surface area (Å²) in [5.74, 6) is 1.31. The Hall–Kier alpha value is -2.11. The van der Waals surface area contributed by atoms with Crippen molar-refractivity contribution in [1.29, 1.82) is 0 Å². The lowest BCUT2D eigenvalue weighted by Gasteiger charge is -2.12. The number of hydrogen-bond donors (Lipinski definition) is 2. The second-order valence-electron chi connectivity index (χ2n) is 4.77. The summed E-state index contributed by atoms with van der Waals surface area (Å²) in [4.78, 5) is 4.46. The Labute approximate surface area is 126 Å². The van der Waals surface area contributed by atoms with Crippen molar-refractivity contribution in [2.75, 3.05) is 12.3 Å². The lowest BCUT2D eigenvalue weighted by molar-refractivity contribution is 0.298. The third-order valence-electron chi connectivity index (χ3n) is 3.20. The molecule has 3 N–H and O–H groups in total. The fourth-order valence-electron chi connectivity index (χ4n) is 2.22. The van der Waals surface area contributed by atoms with Gasteiger partial charge in [-0.05, 0) is 31.0 Å². The van der Waals surface area contributed by atoms with Gasteiger partial charge in [0.15, 0.2) is 5.75 Å². The van der Waals surface area contributed by atoms with Crippen LogP contribution in [0.3, 0.4) is 0 Å². The Morgan fingerprint density at radius 2 is 2.05 bits per heavy atom. The van der Waals surface area contributed by atoms with E-state index in [1.807, 2.05) is 43.3 Å². The molecule has 0 atom stereocenters. The maximum Gasteiger partial charge on any atom is 0.152 e. The van der Waals surface area contributed by atoms with E-state index in [0.29, 0.717) is 23.6 Å². The number of ether oxygens (including phenoxy) is 1. The third kappa shape index (κ3) is 2.84. The molecule has 5 heteroatoms. The predicted octanol–water partition coefficient (Wildman–Crippen LogP) is 3.51. The first-order valence-electron chi connectivity index (χ1n) is 6.70. The summed E-state index contributed by atoms with van der Waals surface area (Å²) in [6.45, 7) is 2.05. The highest BCUT2D eigenvalue weighted by Crippen LogP contribution is 2.35. The second kappa shape index (κ2) is 5.71. The van der Waals surface area contributed by atoms with Crippen molar-refractivity contribution in [2.24, 2.45) is 0 Å². The molecule has 3 rings (SSSR count). The number of aryl methyl sites for hydroxylation is 1. The van der Waals surface area contributed by atoms with Crippen LogP contribution in [0.1, 0.15) is 10.6 Å². The Bertz CT molecular complexity index is 783. The summed E-state index contributed by atoms with van der Waals surface area (Å²) in [6.07, 6.45) is 0.550. The predicted molar refractivity (Wildman–Crippen MR) is 86.1 cm³/mol. The van der Waals surface area contributed by atoms with Crippen molar-refractivity contribution in [3.05, 3.63) is 47.0 Å². The van der Waals surface area contributed by atoms with Gasteiger partial charge in [-0.1, -0.05) is 18.2 Å². The Morgan fingerprint density at radius 1 is 1.24 bits per heavy atom. The number of anilines is 1. The van der Waals surface area contributed by atoms with Gasteiger partial charge >= 0.3 is 0 Å². The summed E-state index contributed by atoms with van der Waals surface area (Å²) in [5.41, 5.74) is 8.50. The molecule has 0 saturated carbocycles. The number of nitrogen functional groups attached to an aromatic ring is 1. The van der Waals surface area contributed by atoms with Crippen molar-refractivity contribution in [1.82, 2.24) is 4.98 Å². The van der Waals surface area contributed by atoms with E-state index in [0.717, 1.165) is 20.8 Å². The molecular weight excluding hydrogens is 284 g/mol. The minimum Gasteiger partial charge on any atom is -0.455 e. The molecule has 1 heterocycles. The molecule has 2 aromatic carbocycles. The van der Waals surface area contributed by atoms with Gasteiger partial charge in [0.25, 0.3) is 0 Å². The van der Waals surface area contributed by atoms with Gasteiger partial charge in [-0.3, -0.25) is 0 Å². The average molecular weight is 300 g/mol. The van der Waals surface area contributed by atoms with E-state index < -0.39 is 0 Å². The highest BCUT2D eigenvalue weighted by Gasteiger charge is 2.10. The van der Waals surface area contributed by atoms with Crippen molar-refractivity contribution in [2.45, 2.75) is 13.3 Å². The molecule has 0 amide bonds. The third-order valence-corrected chi connectivity index (χ3v) is 4.13. The monoisotopic (exact) mass is 300 g/mol. The number of hydrogen-bond acceptors (Lipinski definition) is 5. The minimum absolute atomic E-state index is 0.0835. The molecule has 0 saturated heterocycles. The second-order valence-corrected chi connectivity index (χ2v) is 6.01. The van der Waals surface area contributed by atoms with Crippen LogP contribution in [-0.4, -0.2) is 16.7 Å². The van der Waals surface area contributed by atoms with Crippen LogP contribution >= 0.6 is 11.3 Å². The molecule has 0 radical (unpaired) electrons. The molecule has 1 aromatic heterocycles. The minimum atomic E-state index is 0.0835. The molecule has 0 unspecified atom stereocenters. The highest BCUT2D eigenvalue weighted by atomic mass is 32.1. The zero-order valence-electron chi connectivity index (χ0n) is 11.7. The van der Waals surface area contributed by atoms with Crippen molar-refractivity contribution in [3.63, 3.8) is 0 Å². The standard InChI is InChI=1S/C16H16N2O2S/c1-10-18-13-9-15(12(17)8-16(13)21-10)20-14-5-3-2-4-11(14)6-7-19/h2-5,8-9,19H,6-7,17H2,1H3. The fraction of sp³-hybridized carbons (Fsp3) is 0.188. The first-order valence-corrected chi connectivity index (χ1v) is 7.52. The lowest BCUT2D eigenvalue weighted by Crippen LogP contribution is -1.97. The molecule has 108 valence electrons. The van der Waals surface area contributed by atoms with Crippen LogP contribution in [0.25, 0.3) is 10.2 Å². The van der Waals surface area contributed by atoms with Crippen molar-refractivity contribution < 1.29 is 9.84 Å². The number of rotatable bonds is 4. The number of benzene rings is 2. The number of nitrogens with two attached hydrogens (primary N) is 1. The highest BCUT2D eigenvalue weighted by molar-refractivity contribution is 7.18. The molecule has 21 heavy (non-hydrogen) atoms. The number of aliphatic hydroxyl groups is 1. The van der Waals surface area contributed by atoms with Crippen LogP contribution in [0.2, 0.25) is 0 Å². The molecule has 0 aliphatic rings. The number of aliphatic hydroxyl groups excluding tert-OH is 1. The first-order chi connectivity index (χ1) is 10.2. The van der Waals surface area contributed by atoms with E-state index in [4.69, 9.17) is 15.6 Å². The van der Waals surface area contributed by atoms with Gasteiger partial charge in [-0.15, -0.1) is 11.3 Å². The lowest BCUT2D eigenvalue weighted by atomic mass is 10.1. The number of aromatic nitrogens is 1. The molecule has 0 aliphatic carbocycles. The average Bonchev–Trinajstić information content (AvgIpc) is 2.81. The van der Waals surface area contributed by atoms with Gasteiger partial charge in [0.05, 0.1) is 20.9 Å². The van der Waals surface area contributed by atoms with E-state index in [9.17, 15) is 0 Å². The van der Waals surface area contributed by atoms with Gasteiger partial charge in [0, 0.05) is 12.7 Å². The molecular formula is C16H16N2O2S. The topological polar surface area (TPSA) is 68.4 Å². The summed E-state index contributed by atoms with van der Waals surface area (Å²) < 4.78 is 7.00. The Balaban J connectivity index is 1.99. The van der Waals surface area contributed by atoms with Gasteiger partial charge in [0.1, 0.15) is 5.75 Å². The van der Waals surface area contributed by atoms with E-state index in [-0.39, 0.29) is 6.61 Å². The summed E-state index contributed by atoms with van der Waals surface area (Å²) >= 11 is 1.61. The molecule has 4 nitrogen and oxygen atoms in total. The Kier molecular flexibility index (Phi) is 3.77. The summed E-state index contributed by atoms with van der Waals surface area (Å²) in [5, 5.41) is 10.1. The maximum atomic E-state index is 9.12. The van der Waals surface area contributed by atoms with Crippen LogP contribution in [0.5, 0.6) is 11.5 Å². The molecule has 0 spiro atoms. The zero-order chi connectivity index (χ0) is 14.8. The van der Waals surface area contributed by atoms with Gasteiger partial charge in [-0.2, -0.15) is 0 Å². The van der Waals surface area contributed by atoms with Crippen LogP contribution < -0.4 is 10.5 Å². The molecule has 0 aliphatic heterocycles. The largest absolute Gasteiger partial charge is 0.455 e. The van der Waals surface area contributed by atoms with Crippen LogP contribution in [0.4, 0.5) is 5.69 Å². The normalized spacial score (nSPS) is 11.0.